The van der Waals surface area contributed by atoms with Crippen LogP contribution in [0.1, 0.15) is 24.2 Å². The number of hydrogen-bond acceptors (Lipinski definition) is 2. The van der Waals surface area contributed by atoms with E-state index in [0.717, 1.165) is 22.3 Å². The number of furan rings is 1. The van der Waals surface area contributed by atoms with Crippen LogP contribution in [0.5, 0.6) is 0 Å². The van der Waals surface area contributed by atoms with Crippen molar-refractivity contribution in [2.24, 2.45) is 0 Å². The van der Waals surface area contributed by atoms with Gasteiger partial charge in [-0.05, 0) is 30.7 Å². The summed E-state index contributed by atoms with van der Waals surface area (Å²) in [5.74, 6) is 1.11. The minimum Gasteiger partial charge on any atom is -0.461 e. The normalized spacial score (nSPS) is 13.4. The average Bonchev–Trinajstić information content (AvgIpc) is 2.55. The van der Waals surface area contributed by atoms with E-state index in [1.165, 1.54) is 0 Å². The SMILES string of the molecule is Cc1cc2cc(C(C)CO)ccc2o1. The Hall–Kier alpha value is -1.28. The van der Waals surface area contributed by atoms with Crippen LogP contribution in [-0.4, -0.2) is 11.7 Å². The highest BCUT2D eigenvalue weighted by Crippen LogP contribution is 2.23. The summed E-state index contributed by atoms with van der Waals surface area (Å²) in [6.07, 6.45) is 0. The van der Waals surface area contributed by atoms with Crippen LogP contribution in [-0.2, 0) is 0 Å². The number of benzene rings is 1. The molecule has 0 aliphatic rings. The largest absolute Gasteiger partial charge is 0.461 e. The third kappa shape index (κ3) is 1.53. The Morgan fingerprint density at radius 3 is 2.86 bits per heavy atom. The number of aryl methyl sites for hydroxylation is 1. The summed E-state index contributed by atoms with van der Waals surface area (Å²) >= 11 is 0. The van der Waals surface area contributed by atoms with Crippen molar-refractivity contribution in [3.8, 4) is 0 Å². The van der Waals surface area contributed by atoms with E-state index in [4.69, 9.17) is 9.52 Å². The maximum Gasteiger partial charge on any atom is 0.134 e. The van der Waals surface area contributed by atoms with Gasteiger partial charge in [-0.25, -0.2) is 0 Å². The molecule has 0 saturated heterocycles. The van der Waals surface area contributed by atoms with E-state index in [9.17, 15) is 0 Å². The lowest BCUT2D eigenvalue weighted by molar-refractivity contribution is 0.273. The summed E-state index contributed by atoms with van der Waals surface area (Å²) in [5, 5.41) is 10.2. The molecule has 1 unspecified atom stereocenters. The first-order chi connectivity index (χ1) is 6.70. The molecule has 0 fully saturated rings. The first-order valence-electron chi connectivity index (χ1n) is 4.81. The third-order valence-electron chi connectivity index (χ3n) is 2.51. The molecule has 0 bridgehead atoms. The standard InChI is InChI=1S/C12H14O2/c1-8(7-13)10-3-4-12-11(6-10)5-9(2)14-12/h3-6,8,13H,7H2,1-2H3. The van der Waals surface area contributed by atoms with Gasteiger partial charge in [0.25, 0.3) is 0 Å². The van der Waals surface area contributed by atoms with Crippen LogP contribution in [0, 0.1) is 6.92 Å². The van der Waals surface area contributed by atoms with Gasteiger partial charge in [0, 0.05) is 17.9 Å². The molecule has 1 heterocycles. The number of hydrogen-bond donors (Lipinski definition) is 1. The molecule has 1 aromatic heterocycles. The van der Waals surface area contributed by atoms with Gasteiger partial charge in [0.15, 0.2) is 0 Å². The second-order valence-electron chi connectivity index (χ2n) is 3.74. The van der Waals surface area contributed by atoms with Crippen molar-refractivity contribution in [2.75, 3.05) is 6.61 Å². The quantitative estimate of drug-likeness (QED) is 0.790. The third-order valence-corrected chi connectivity index (χ3v) is 2.51. The highest BCUT2D eigenvalue weighted by atomic mass is 16.3. The van der Waals surface area contributed by atoms with Crippen LogP contribution in [0.2, 0.25) is 0 Å². The molecule has 1 aromatic carbocycles. The summed E-state index contributed by atoms with van der Waals surface area (Å²) < 4.78 is 5.47. The van der Waals surface area contributed by atoms with Crippen LogP contribution >= 0.6 is 0 Å². The van der Waals surface area contributed by atoms with E-state index < -0.39 is 0 Å². The van der Waals surface area contributed by atoms with Crippen molar-refractivity contribution >= 4 is 11.0 Å². The maximum absolute atomic E-state index is 9.04. The van der Waals surface area contributed by atoms with E-state index in [2.05, 4.69) is 6.07 Å². The molecule has 74 valence electrons. The average molecular weight is 190 g/mol. The Labute approximate surface area is 83.2 Å². The summed E-state index contributed by atoms with van der Waals surface area (Å²) in [6.45, 7) is 4.13. The van der Waals surface area contributed by atoms with Crippen molar-refractivity contribution in [1.29, 1.82) is 0 Å². The monoisotopic (exact) mass is 190 g/mol. The van der Waals surface area contributed by atoms with E-state index in [1.54, 1.807) is 0 Å². The van der Waals surface area contributed by atoms with Gasteiger partial charge in [-0.15, -0.1) is 0 Å². The Balaban J connectivity index is 2.50. The van der Waals surface area contributed by atoms with Crippen molar-refractivity contribution in [3.05, 3.63) is 35.6 Å². The summed E-state index contributed by atoms with van der Waals surface area (Å²) in [6, 6.07) is 8.06. The van der Waals surface area contributed by atoms with Crippen molar-refractivity contribution in [1.82, 2.24) is 0 Å². The lowest BCUT2D eigenvalue weighted by Crippen LogP contribution is -1.97. The molecule has 0 aliphatic heterocycles. The predicted octanol–water partition coefficient (Wildman–Crippen LogP) is 2.84. The van der Waals surface area contributed by atoms with E-state index in [0.29, 0.717) is 0 Å². The zero-order valence-corrected chi connectivity index (χ0v) is 8.45. The summed E-state index contributed by atoms with van der Waals surface area (Å²) in [5.41, 5.74) is 2.07. The molecular weight excluding hydrogens is 176 g/mol. The first-order valence-corrected chi connectivity index (χ1v) is 4.81. The van der Waals surface area contributed by atoms with Gasteiger partial charge in [0.05, 0.1) is 0 Å². The number of aliphatic hydroxyl groups excluding tert-OH is 1. The maximum atomic E-state index is 9.04. The van der Waals surface area contributed by atoms with Gasteiger partial charge in [-0.2, -0.15) is 0 Å². The summed E-state index contributed by atoms with van der Waals surface area (Å²) in [4.78, 5) is 0. The van der Waals surface area contributed by atoms with Crippen molar-refractivity contribution in [2.45, 2.75) is 19.8 Å². The van der Waals surface area contributed by atoms with Crippen LogP contribution in [0.25, 0.3) is 11.0 Å². The topological polar surface area (TPSA) is 33.4 Å². The Morgan fingerprint density at radius 1 is 1.36 bits per heavy atom. The van der Waals surface area contributed by atoms with Gasteiger partial charge in [0.1, 0.15) is 11.3 Å². The van der Waals surface area contributed by atoms with E-state index in [1.807, 2.05) is 32.0 Å². The molecule has 14 heavy (non-hydrogen) atoms. The number of aliphatic hydroxyl groups is 1. The van der Waals surface area contributed by atoms with E-state index >= 15 is 0 Å². The molecule has 0 amide bonds. The second kappa shape index (κ2) is 3.46. The van der Waals surface area contributed by atoms with Gasteiger partial charge in [-0.1, -0.05) is 13.0 Å². The molecule has 0 spiro atoms. The lowest BCUT2D eigenvalue weighted by Gasteiger charge is -2.07. The minimum atomic E-state index is 0.183. The molecule has 1 N–H and O–H groups in total. The highest BCUT2D eigenvalue weighted by Gasteiger charge is 2.06. The Bertz CT molecular complexity index is 443. The van der Waals surface area contributed by atoms with Crippen molar-refractivity contribution in [3.63, 3.8) is 0 Å². The Morgan fingerprint density at radius 2 is 2.14 bits per heavy atom. The fourth-order valence-electron chi connectivity index (χ4n) is 1.61. The zero-order chi connectivity index (χ0) is 10.1. The Kier molecular flexibility index (Phi) is 2.30. The molecule has 2 aromatic rings. The molecule has 2 nitrogen and oxygen atoms in total. The fourth-order valence-corrected chi connectivity index (χ4v) is 1.61. The smallest absolute Gasteiger partial charge is 0.134 e. The minimum absolute atomic E-state index is 0.183. The molecule has 1 atom stereocenters. The molecule has 2 heteroatoms. The number of fused-ring (bicyclic) bond motifs is 1. The van der Waals surface area contributed by atoms with Crippen LogP contribution < -0.4 is 0 Å². The molecule has 0 aliphatic carbocycles. The highest BCUT2D eigenvalue weighted by molar-refractivity contribution is 5.78. The predicted molar refractivity (Wildman–Crippen MR) is 56.5 cm³/mol. The zero-order valence-electron chi connectivity index (χ0n) is 8.45. The number of rotatable bonds is 2. The molecule has 0 saturated carbocycles. The van der Waals surface area contributed by atoms with Crippen LogP contribution in [0.15, 0.2) is 28.7 Å². The van der Waals surface area contributed by atoms with Gasteiger partial charge in [0.2, 0.25) is 0 Å². The van der Waals surface area contributed by atoms with Crippen molar-refractivity contribution < 1.29 is 9.52 Å². The molecule has 0 radical (unpaired) electrons. The van der Waals surface area contributed by atoms with Gasteiger partial charge >= 0.3 is 0 Å². The van der Waals surface area contributed by atoms with E-state index in [-0.39, 0.29) is 12.5 Å². The fraction of sp³-hybridized carbons (Fsp3) is 0.333. The summed E-state index contributed by atoms with van der Waals surface area (Å²) in [7, 11) is 0. The first kappa shape index (κ1) is 9.28. The lowest BCUT2D eigenvalue weighted by atomic mass is 10.0. The second-order valence-corrected chi connectivity index (χ2v) is 3.74. The van der Waals surface area contributed by atoms with Gasteiger partial charge in [-0.3, -0.25) is 0 Å². The van der Waals surface area contributed by atoms with Crippen LogP contribution in [0.3, 0.4) is 0 Å². The van der Waals surface area contributed by atoms with Gasteiger partial charge < -0.3 is 9.52 Å². The van der Waals surface area contributed by atoms with Crippen LogP contribution in [0.4, 0.5) is 0 Å². The molecule has 2 rings (SSSR count). The molecular formula is C12H14O2.